The molecule has 8 nitrogen and oxygen atoms in total. The first-order valence-electron chi connectivity index (χ1n) is 8.90. The highest BCUT2D eigenvalue weighted by Gasteiger charge is 2.17. The molecule has 3 aromatic rings. The Morgan fingerprint density at radius 2 is 1.74 bits per heavy atom. The number of nitrogens with zero attached hydrogens (tertiary/aromatic N) is 5. The summed E-state index contributed by atoms with van der Waals surface area (Å²) in [6.45, 7) is 6.67. The van der Waals surface area contributed by atoms with Crippen molar-refractivity contribution >= 4 is 26.7 Å². The molecule has 0 fully saturated rings. The van der Waals surface area contributed by atoms with Crippen LogP contribution in [0.15, 0.2) is 23.6 Å². The van der Waals surface area contributed by atoms with Crippen LogP contribution in [-0.4, -0.2) is 38.7 Å². The lowest BCUT2D eigenvalue weighted by Crippen LogP contribution is -2.11. The molecule has 0 spiro atoms. The van der Waals surface area contributed by atoms with Gasteiger partial charge in [0.2, 0.25) is 15.0 Å². The second-order valence-electron chi connectivity index (χ2n) is 6.63. The summed E-state index contributed by atoms with van der Waals surface area (Å²) >= 11 is 0. The second-order valence-corrected chi connectivity index (χ2v) is 8.63. The van der Waals surface area contributed by atoms with Gasteiger partial charge < -0.3 is 10.3 Å². The third kappa shape index (κ3) is 3.92. The first kappa shape index (κ1) is 19.2. The van der Waals surface area contributed by atoms with Gasteiger partial charge in [-0.15, -0.1) is 0 Å². The Balaban J connectivity index is 1.64. The number of nitrogen functional groups attached to an aromatic ring is 1. The molecule has 144 valence electrons. The van der Waals surface area contributed by atoms with Crippen LogP contribution in [0.1, 0.15) is 36.3 Å². The number of unbranched alkanes of at least 4 members (excludes halogenated alkanes) is 2. The van der Waals surface area contributed by atoms with Gasteiger partial charge in [0.05, 0.1) is 11.3 Å². The zero-order valence-electron chi connectivity index (χ0n) is 15.8. The molecular formula is C18H24N6O2S. The number of fused-ring (bicyclic) bond motifs is 1. The number of sulfone groups is 1. The Morgan fingerprint density at radius 1 is 1.04 bits per heavy atom. The molecular weight excluding hydrogens is 364 g/mol. The number of nitrogens with two attached hydrogens (primary N) is 1. The van der Waals surface area contributed by atoms with E-state index >= 15 is 0 Å². The first-order chi connectivity index (χ1) is 12.8. The van der Waals surface area contributed by atoms with E-state index < -0.39 is 9.84 Å². The predicted molar refractivity (Wildman–Crippen MR) is 104 cm³/mol. The monoisotopic (exact) mass is 388 g/mol. The minimum atomic E-state index is -3.42. The lowest BCUT2D eigenvalue weighted by molar-refractivity contribution is 0.571. The maximum Gasteiger partial charge on any atom is 0.246 e. The maximum atomic E-state index is 12.2. The van der Waals surface area contributed by atoms with Gasteiger partial charge in [0.15, 0.2) is 5.82 Å². The Bertz CT molecular complexity index is 1060. The van der Waals surface area contributed by atoms with Gasteiger partial charge in [-0.3, -0.25) is 0 Å². The van der Waals surface area contributed by atoms with Crippen LogP contribution >= 0.6 is 0 Å². The van der Waals surface area contributed by atoms with Crippen molar-refractivity contribution < 1.29 is 8.42 Å². The SMILES string of the molecule is Cc1nc(N)c2nc(C)n(CCCCCS(=O)(=O)c3ncccn3)c2c1C. The average molecular weight is 388 g/mol. The lowest BCUT2D eigenvalue weighted by Gasteiger charge is -2.10. The summed E-state index contributed by atoms with van der Waals surface area (Å²) in [5.41, 5.74) is 9.75. The van der Waals surface area contributed by atoms with Gasteiger partial charge >= 0.3 is 0 Å². The Labute approximate surface area is 158 Å². The van der Waals surface area contributed by atoms with Crippen LogP contribution in [0.5, 0.6) is 0 Å². The number of imidazole rings is 1. The summed E-state index contributed by atoms with van der Waals surface area (Å²) in [6.07, 6.45) is 5.07. The minimum absolute atomic E-state index is 0.0513. The van der Waals surface area contributed by atoms with E-state index in [9.17, 15) is 8.42 Å². The van der Waals surface area contributed by atoms with E-state index in [1.165, 1.54) is 12.4 Å². The van der Waals surface area contributed by atoms with E-state index in [4.69, 9.17) is 5.73 Å². The number of rotatable bonds is 7. The van der Waals surface area contributed by atoms with Crippen LogP contribution in [0.3, 0.4) is 0 Å². The smallest absolute Gasteiger partial charge is 0.246 e. The summed E-state index contributed by atoms with van der Waals surface area (Å²) in [4.78, 5) is 16.6. The Morgan fingerprint density at radius 3 is 2.44 bits per heavy atom. The maximum absolute atomic E-state index is 12.2. The van der Waals surface area contributed by atoms with Crippen LogP contribution in [-0.2, 0) is 16.4 Å². The van der Waals surface area contributed by atoms with Crippen LogP contribution in [0, 0.1) is 20.8 Å². The normalized spacial score (nSPS) is 12.0. The predicted octanol–water partition coefficient (Wildman–Crippen LogP) is 2.37. The van der Waals surface area contributed by atoms with Crippen molar-refractivity contribution in [3.05, 3.63) is 35.5 Å². The van der Waals surface area contributed by atoms with Crippen molar-refractivity contribution in [3.63, 3.8) is 0 Å². The van der Waals surface area contributed by atoms with Gasteiger partial charge in [-0.2, -0.15) is 0 Å². The topological polar surface area (TPSA) is 117 Å². The van der Waals surface area contributed by atoms with Gasteiger partial charge in [-0.25, -0.2) is 28.4 Å². The molecule has 2 N–H and O–H groups in total. The third-order valence-electron chi connectivity index (χ3n) is 4.70. The summed E-state index contributed by atoms with van der Waals surface area (Å²) < 4.78 is 26.6. The Kier molecular flexibility index (Phi) is 5.41. The van der Waals surface area contributed by atoms with E-state index in [1.54, 1.807) is 6.07 Å². The molecule has 3 rings (SSSR count). The Hall–Kier alpha value is -2.55. The molecule has 3 heterocycles. The van der Waals surface area contributed by atoms with Gasteiger partial charge in [0.25, 0.3) is 0 Å². The summed E-state index contributed by atoms with van der Waals surface area (Å²) in [6, 6.07) is 1.60. The molecule has 0 radical (unpaired) electrons. The molecule has 0 saturated carbocycles. The number of hydrogen-bond donors (Lipinski definition) is 1. The zero-order chi connectivity index (χ0) is 19.6. The third-order valence-corrected chi connectivity index (χ3v) is 6.30. The van der Waals surface area contributed by atoms with E-state index in [2.05, 4.69) is 24.5 Å². The molecule has 0 bridgehead atoms. The molecule has 27 heavy (non-hydrogen) atoms. The minimum Gasteiger partial charge on any atom is -0.382 e. The molecule has 0 amide bonds. The van der Waals surface area contributed by atoms with Crippen LogP contribution in [0.4, 0.5) is 5.82 Å². The highest BCUT2D eigenvalue weighted by atomic mass is 32.2. The molecule has 0 atom stereocenters. The number of pyridine rings is 1. The van der Waals surface area contributed by atoms with Crippen LogP contribution in [0.25, 0.3) is 11.0 Å². The van der Waals surface area contributed by atoms with Crippen molar-refractivity contribution in [2.75, 3.05) is 11.5 Å². The van der Waals surface area contributed by atoms with Crippen molar-refractivity contribution in [2.24, 2.45) is 0 Å². The largest absolute Gasteiger partial charge is 0.382 e. The van der Waals surface area contributed by atoms with E-state index in [0.29, 0.717) is 12.2 Å². The summed E-state index contributed by atoms with van der Waals surface area (Å²) in [7, 11) is -3.42. The standard InChI is InChI=1S/C18H24N6O2S/c1-12-13(2)22-17(19)15-16(12)24(14(3)23-15)10-5-4-6-11-27(25,26)18-20-8-7-9-21-18/h7-9H,4-6,10-11H2,1-3H3,(H2,19,22). The van der Waals surface area contributed by atoms with Crippen molar-refractivity contribution in [2.45, 2.75) is 51.7 Å². The number of hydrogen-bond acceptors (Lipinski definition) is 7. The van der Waals surface area contributed by atoms with Crippen molar-refractivity contribution in [1.82, 2.24) is 24.5 Å². The fourth-order valence-electron chi connectivity index (χ4n) is 3.16. The van der Waals surface area contributed by atoms with E-state index in [0.717, 1.165) is 47.5 Å². The molecule has 0 aromatic carbocycles. The second kappa shape index (κ2) is 7.59. The fourth-order valence-corrected chi connectivity index (χ4v) is 4.37. The summed E-state index contributed by atoms with van der Waals surface area (Å²) in [5.74, 6) is 1.39. The molecule has 9 heteroatoms. The van der Waals surface area contributed by atoms with Gasteiger partial charge in [-0.05, 0) is 45.2 Å². The quantitative estimate of drug-likeness (QED) is 0.488. The summed E-state index contributed by atoms with van der Waals surface area (Å²) in [5, 5.41) is -0.101. The fraction of sp³-hybridized carbons (Fsp3) is 0.444. The molecule has 0 aliphatic carbocycles. The lowest BCUT2D eigenvalue weighted by atomic mass is 10.2. The highest BCUT2D eigenvalue weighted by Crippen LogP contribution is 2.26. The zero-order valence-corrected chi connectivity index (χ0v) is 16.6. The molecule has 0 aliphatic rings. The molecule has 0 unspecified atom stereocenters. The average Bonchev–Trinajstić information content (AvgIpc) is 2.97. The first-order valence-corrected chi connectivity index (χ1v) is 10.6. The molecule has 0 aliphatic heterocycles. The van der Waals surface area contributed by atoms with Crippen LogP contribution in [0.2, 0.25) is 0 Å². The number of aryl methyl sites for hydroxylation is 4. The highest BCUT2D eigenvalue weighted by molar-refractivity contribution is 7.91. The van der Waals surface area contributed by atoms with Gasteiger partial charge in [-0.1, -0.05) is 6.42 Å². The molecule has 0 saturated heterocycles. The van der Waals surface area contributed by atoms with Gasteiger partial charge in [0.1, 0.15) is 11.3 Å². The van der Waals surface area contributed by atoms with Crippen molar-refractivity contribution in [1.29, 1.82) is 0 Å². The van der Waals surface area contributed by atoms with Crippen molar-refractivity contribution in [3.8, 4) is 0 Å². The number of aromatic nitrogens is 5. The molecule has 3 aromatic heterocycles. The van der Waals surface area contributed by atoms with Crippen LogP contribution < -0.4 is 5.73 Å². The van der Waals surface area contributed by atoms with E-state index in [-0.39, 0.29) is 10.9 Å². The van der Waals surface area contributed by atoms with Gasteiger partial charge in [0, 0.05) is 24.6 Å². The number of anilines is 1. The van der Waals surface area contributed by atoms with E-state index in [1.807, 2.05) is 20.8 Å².